The minimum atomic E-state index is -0.719. The molecule has 1 N–H and O–H groups in total. The van der Waals surface area contributed by atoms with Gasteiger partial charge < -0.3 is 14.8 Å². The topological polar surface area (TPSA) is 71.4 Å². The van der Waals surface area contributed by atoms with E-state index >= 15 is 0 Å². The van der Waals surface area contributed by atoms with Crippen LogP contribution in [0.25, 0.3) is 0 Å². The highest BCUT2D eigenvalue weighted by Crippen LogP contribution is 2.37. The van der Waals surface area contributed by atoms with Crippen LogP contribution in [-0.2, 0) is 17.6 Å². The summed E-state index contributed by atoms with van der Waals surface area (Å²) in [5.41, 5.74) is 1.74. The summed E-state index contributed by atoms with van der Waals surface area (Å²) in [6.07, 6.45) is 4.62. The summed E-state index contributed by atoms with van der Waals surface area (Å²) < 4.78 is 11.3. The van der Waals surface area contributed by atoms with Crippen LogP contribution >= 0.6 is 11.3 Å². The van der Waals surface area contributed by atoms with Crippen LogP contribution in [0.4, 0.5) is 5.00 Å². The van der Waals surface area contributed by atoms with E-state index in [1.807, 2.05) is 18.2 Å². The van der Waals surface area contributed by atoms with Crippen molar-refractivity contribution in [1.29, 1.82) is 5.26 Å². The standard InChI is InChI=1S/C19H18N2O3S/c20-10-13-12-6-2-1-3-9-17(12)25-19(13)21-18(22)16-11-23-14-7-4-5-8-15(14)24-16/h4-5,7-8,16H,1-3,6,9,11H2,(H,21,22)/t16-/m1/s1. The van der Waals surface area contributed by atoms with Crippen LogP contribution < -0.4 is 14.8 Å². The summed E-state index contributed by atoms with van der Waals surface area (Å²) in [6, 6.07) is 9.57. The number of rotatable bonds is 2. The molecule has 1 aromatic heterocycles. The molecule has 1 amide bonds. The van der Waals surface area contributed by atoms with Gasteiger partial charge in [0.05, 0.1) is 5.56 Å². The van der Waals surface area contributed by atoms with E-state index in [9.17, 15) is 10.1 Å². The van der Waals surface area contributed by atoms with Crippen LogP contribution in [0.5, 0.6) is 11.5 Å². The molecule has 5 nitrogen and oxygen atoms in total. The van der Waals surface area contributed by atoms with Crippen LogP contribution in [0.15, 0.2) is 24.3 Å². The molecular formula is C19H18N2O3S. The fraction of sp³-hybridized carbons (Fsp3) is 0.368. The number of carbonyl (C=O) groups excluding carboxylic acids is 1. The zero-order valence-electron chi connectivity index (χ0n) is 13.7. The number of amides is 1. The van der Waals surface area contributed by atoms with Crippen molar-refractivity contribution in [2.45, 2.75) is 38.2 Å². The maximum atomic E-state index is 12.6. The Kier molecular flexibility index (Phi) is 4.33. The SMILES string of the molecule is N#Cc1c(NC(=O)[C@H]2COc3ccccc3O2)sc2c1CCCCC2. The molecule has 2 aromatic rings. The van der Waals surface area contributed by atoms with Crippen LogP contribution in [-0.4, -0.2) is 18.6 Å². The summed E-state index contributed by atoms with van der Waals surface area (Å²) in [5.74, 6) is 0.936. The molecule has 128 valence electrons. The average molecular weight is 354 g/mol. The second-order valence-corrected chi connectivity index (χ2v) is 7.34. The van der Waals surface area contributed by atoms with Gasteiger partial charge in [-0.25, -0.2) is 0 Å². The van der Waals surface area contributed by atoms with Crippen molar-refractivity contribution >= 4 is 22.2 Å². The number of hydrogen-bond acceptors (Lipinski definition) is 5. The van der Waals surface area contributed by atoms with Gasteiger partial charge in [-0.1, -0.05) is 18.6 Å². The predicted molar refractivity (Wildman–Crippen MR) is 95.3 cm³/mol. The number of thiophene rings is 1. The monoisotopic (exact) mass is 354 g/mol. The van der Waals surface area contributed by atoms with Crippen LogP contribution in [0.1, 0.15) is 35.3 Å². The molecule has 0 radical (unpaired) electrons. The van der Waals surface area contributed by atoms with Gasteiger partial charge in [-0.15, -0.1) is 11.3 Å². The van der Waals surface area contributed by atoms with E-state index in [4.69, 9.17) is 9.47 Å². The third kappa shape index (κ3) is 3.08. The molecule has 25 heavy (non-hydrogen) atoms. The Balaban J connectivity index is 1.53. The zero-order chi connectivity index (χ0) is 17.2. The van der Waals surface area contributed by atoms with Gasteiger partial charge in [0.1, 0.15) is 17.7 Å². The number of nitrogens with one attached hydrogen (secondary N) is 1. The molecule has 0 saturated carbocycles. The fourth-order valence-electron chi connectivity index (χ4n) is 3.29. The molecule has 0 saturated heterocycles. The quantitative estimate of drug-likeness (QED) is 0.836. The molecule has 0 bridgehead atoms. The Hall–Kier alpha value is -2.52. The number of nitriles is 1. The first kappa shape index (κ1) is 16.0. The van der Waals surface area contributed by atoms with Gasteiger partial charge in [-0.3, -0.25) is 4.79 Å². The van der Waals surface area contributed by atoms with E-state index < -0.39 is 6.10 Å². The number of nitrogens with zero attached hydrogens (tertiary/aromatic N) is 1. The summed E-state index contributed by atoms with van der Waals surface area (Å²) in [4.78, 5) is 13.8. The molecular weight excluding hydrogens is 336 g/mol. The van der Waals surface area contributed by atoms with E-state index in [0.717, 1.165) is 31.2 Å². The van der Waals surface area contributed by atoms with Gasteiger partial charge >= 0.3 is 0 Å². The van der Waals surface area contributed by atoms with Crippen molar-refractivity contribution in [2.75, 3.05) is 11.9 Å². The fourth-order valence-corrected chi connectivity index (χ4v) is 4.53. The first-order valence-electron chi connectivity index (χ1n) is 8.50. The Morgan fingerprint density at radius 1 is 1.20 bits per heavy atom. The lowest BCUT2D eigenvalue weighted by atomic mass is 10.1. The van der Waals surface area contributed by atoms with Gasteiger partial charge in [-0.2, -0.15) is 5.26 Å². The predicted octanol–water partition coefficient (Wildman–Crippen LogP) is 3.67. The minimum Gasteiger partial charge on any atom is -0.485 e. The second kappa shape index (κ2) is 6.77. The molecule has 0 fully saturated rings. The van der Waals surface area contributed by atoms with Gasteiger partial charge in [0, 0.05) is 4.88 Å². The zero-order valence-corrected chi connectivity index (χ0v) is 14.5. The first-order chi connectivity index (χ1) is 12.3. The molecule has 0 unspecified atom stereocenters. The number of hydrogen-bond donors (Lipinski definition) is 1. The van der Waals surface area contributed by atoms with Gasteiger partial charge in [0.25, 0.3) is 5.91 Å². The number of aryl methyl sites for hydroxylation is 1. The largest absolute Gasteiger partial charge is 0.485 e. The smallest absolute Gasteiger partial charge is 0.269 e. The Morgan fingerprint density at radius 3 is 2.84 bits per heavy atom. The van der Waals surface area contributed by atoms with Crippen molar-refractivity contribution in [3.63, 3.8) is 0 Å². The summed E-state index contributed by atoms with van der Waals surface area (Å²) >= 11 is 1.53. The maximum absolute atomic E-state index is 12.6. The highest BCUT2D eigenvalue weighted by molar-refractivity contribution is 7.16. The van der Waals surface area contributed by atoms with Crippen molar-refractivity contribution in [1.82, 2.24) is 0 Å². The molecule has 6 heteroatoms. The Bertz CT molecular complexity index is 853. The number of fused-ring (bicyclic) bond motifs is 2. The Labute approximate surface area is 150 Å². The maximum Gasteiger partial charge on any atom is 0.269 e. The molecule has 2 aliphatic rings. The summed E-state index contributed by atoms with van der Waals surface area (Å²) in [7, 11) is 0. The molecule has 2 heterocycles. The van der Waals surface area contributed by atoms with Crippen molar-refractivity contribution in [3.05, 3.63) is 40.3 Å². The van der Waals surface area contributed by atoms with E-state index in [1.54, 1.807) is 6.07 Å². The van der Waals surface area contributed by atoms with E-state index in [0.29, 0.717) is 22.1 Å². The second-order valence-electron chi connectivity index (χ2n) is 6.23. The molecule has 1 atom stereocenters. The lowest BCUT2D eigenvalue weighted by Crippen LogP contribution is -2.40. The number of ether oxygens (including phenoxy) is 2. The van der Waals surface area contributed by atoms with Gasteiger partial charge in [0.15, 0.2) is 11.5 Å². The normalized spacial score (nSPS) is 18.6. The molecule has 4 rings (SSSR count). The highest BCUT2D eigenvalue weighted by Gasteiger charge is 2.29. The molecule has 1 aliphatic heterocycles. The van der Waals surface area contributed by atoms with Gasteiger partial charge in [-0.05, 0) is 43.4 Å². The highest BCUT2D eigenvalue weighted by atomic mass is 32.1. The van der Waals surface area contributed by atoms with E-state index in [1.165, 1.54) is 22.6 Å². The average Bonchev–Trinajstić information content (AvgIpc) is 2.80. The third-order valence-electron chi connectivity index (χ3n) is 4.57. The number of anilines is 1. The lowest BCUT2D eigenvalue weighted by Gasteiger charge is -2.25. The van der Waals surface area contributed by atoms with Gasteiger partial charge in [0.2, 0.25) is 6.10 Å². The summed E-state index contributed by atoms with van der Waals surface area (Å²) in [5, 5.41) is 13.1. The van der Waals surface area contributed by atoms with Crippen molar-refractivity contribution in [2.24, 2.45) is 0 Å². The van der Waals surface area contributed by atoms with Crippen LogP contribution in [0.3, 0.4) is 0 Å². The van der Waals surface area contributed by atoms with E-state index in [2.05, 4.69) is 11.4 Å². The Morgan fingerprint density at radius 2 is 2.00 bits per heavy atom. The lowest BCUT2D eigenvalue weighted by molar-refractivity contribution is -0.125. The van der Waals surface area contributed by atoms with Crippen molar-refractivity contribution < 1.29 is 14.3 Å². The molecule has 0 spiro atoms. The van der Waals surface area contributed by atoms with E-state index in [-0.39, 0.29) is 12.5 Å². The number of para-hydroxylation sites is 2. The molecule has 1 aliphatic carbocycles. The molecule has 1 aromatic carbocycles. The minimum absolute atomic E-state index is 0.163. The summed E-state index contributed by atoms with van der Waals surface area (Å²) in [6.45, 7) is 0.163. The first-order valence-corrected chi connectivity index (χ1v) is 9.32. The van der Waals surface area contributed by atoms with Crippen LogP contribution in [0.2, 0.25) is 0 Å². The van der Waals surface area contributed by atoms with Crippen LogP contribution in [0, 0.1) is 11.3 Å². The van der Waals surface area contributed by atoms with Crippen molar-refractivity contribution in [3.8, 4) is 17.6 Å². The third-order valence-corrected chi connectivity index (χ3v) is 5.78. The number of carbonyl (C=O) groups is 1. The number of benzene rings is 1.